The van der Waals surface area contributed by atoms with Gasteiger partial charge in [-0.15, -0.1) is 0 Å². The lowest BCUT2D eigenvalue weighted by molar-refractivity contribution is -0.384. The zero-order valence-corrected chi connectivity index (χ0v) is 12.9. The molecule has 0 bridgehead atoms. The first-order chi connectivity index (χ1) is 9.87. The molecule has 0 aliphatic heterocycles. The van der Waals surface area contributed by atoms with Crippen molar-refractivity contribution in [1.82, 2.24) is 4.31 Å². The molecule has 1 fully saturated rings. The molecule has 0 saturated heterocycles. The highest BCUT2D eigenvalue weighted by Gasteiger charge is 2.33. The van der Waals surface area contributed by atoms with E-state index in [2.05, 4.69) is 5.32 Å². The standard InChI is InChI=1S/C13H19N3O4S/c1-3-14-12-9-11(16(17)18)7-8-13(12)21(19,20)15(2)10-5-4-6-10/h7-10,14H,3-6H2,1-2H3. The van der Waals surface area contributed by atoms with E-state index in [1.54, 1.807) is 7.05 Å². The molecule has 0 aromatic heterocycles. The maximum Gasteiger partial charge on any atom is 0.271 e. The van der Waals surface area contributed by atoms with Crippen LogP contribution >= 0.6 is 0 Å². The second-order valence-corrected chi connectivity index (χ2v) is 7.04. The van der Waals surface area contributed by atoms with Crippen molar-refractivity contribution in [3.63, 3.8) is 0 Å². The molecule has 1 aliphatic carbocycles. The fourth-order valence-corrected chi connectivity index (χ4v) is 3.85. The van der Waals surface area contributed by atoms with Crippen molar-refractivity contribution in [1.29, 1.82) is 0 Å². The van der Waals surface area contributed by atoms with Crippen LogP contribution in [-0.2, 0) is 10.0 Å². The highest BCUT2D eigenvalue weighted by atomic mass is 32.2. The number of hydrogen-bond acceptors (Lipinski definition) is 5. The summed E-state index contributed by atoms with van der Waals surface area (Å²) in [6, 6.07) is 3.83. The summed E-state index contributed by atoms with van der Waals surface area (Å²) >= 11 is 0. The number of non-ortho nitro benzene ring substituents is 1. The van der Waals surface area contributed by atoms with E-state index in [-0.39, 0.29) is 22.3 Å². The zero-order valence-electron chi connectivity index (χ0n) is 12.1. The molecule has 8 heteroatoms. The van der Waals surface area contributed by atoms with Gasteiger partial charge in [-0.3, -0.25) is 10.1 Å². The number of nitro benzene ring substituents is 1. The largest absolute Gasteiger partial charge is 0.384 e. The lowest BCUT2D eigenvalue weighted by Gasteiger charge is -2.34. The molecule has 0 radical (unpaired) electrons. The minimum Gasteiger partial charge on any atom is -0.384 e. The molecule has 0 amide bonds. The maximum atomic E-state index is 12.7. The molecule has 1 N–H and O–H groups in total. The molecule has 1 aliphatic rings. The third-order valence-corrected chi connectivity index (χ3v) is 5.76. The van der Waals surface area contributed by atoms with Gasteiger partial charge < -0.3 is 5.32 Å². The molecule has 116 valence electrons. The van der Waals surface area contributed by atoms with Crippen molar-refractivity contribution in [2.24, 2.45) is 0 Å². The van der Waals surface area contributed by atoms with Gasteiger partial charge in [0.1, 0.15) is 4.90 Å². The first-order valence-corrected chi connectivity index (χ1v) is 8.32. The van der Waals surface area contributed by atoms with Crippen LogP contribution in [0.4, 0.5) is 11.4 Å². The van der Waals surface area contributed by atoms with E-state index in [0.29, 0.717) is 6.54 Å². The smallest absolute Gasteiger partial charge is 0.271 e. The van der Waals surface area contributed by atoms with E-state index in [1.165, 1.54) is 22.5 Å². The highest BCUT2D eigenvalue weighted by molar-refractivity contribution is 7.89. The van der Waals surface area contributed by atoms with Crippen molar-refractivity contribution in [3.8, 4) is 0 Å². The minimum absolute atomic E-state index is 0.0275. The van der Waals surface area contributed by atoms with Gasteiger partial charge >= 0.3 is 0 Å². The number of benzene rings is 1. The highest BCUT2D eigenvalue weighted by Crippen LogP contribution is 2.33. The minimum atomic E-state index is -3.65. The molecule has 0 atom stereocenters. The summed E-state index contributed by atoms with van der Waals surface area (Å²) in [7, 11) is -2.08. The number of nitro groups is 1. The summed E-state index contributed by atoms with van der Waals surface area (Å²) < 4.78 is 26.7. The molecule has 2 rings (SSSR count). The Morgan fingerprint density at radius 2 is 2.10 bits per heavy atom. The van der Waals surface area contributed by atoms with Gasteiger partial charge in [0.05, 0.1) is 10.6 Å². The SMILES string of the molecule is CCNc1cc([N+](=O)[O-])ccc1S(=O)(=O)N(C)C1CCC1. The Balaban J connectivity index is 2.43. The van der Waals surface area contributed by atoms with E-state index < -0.39 is 14.9 Å². The number of nitrogens with one attached hydrogen (secondary N) is 1. The Hall–Kier alpha value is -1.67. The number of rotatable bonds is 6. The van der Waals surface area contributed by atoms with Crippen LogP contribution < -0.4 is 5.32 Å². The molecule has 1 aromatic carbocycles. The topological polar surface area (TPSA) is 92.5 Å². The fraction of sp³-hybridized carbons (Fsp3) is 0.538. The molecule has 0 heterocycles. The van der Waals surface area contributed by atoms with E-state index in [9.17, 15) is 18.5 Å². The van der Waals surface area contributed by atoms with Crippen LogP contribution in [0.3, 0.4) is 0 Å². The predicted molar refractivity (Wildman–Crippen MR) is 79.8 cm³/mol. The van der Waals surface area contributed by atoms with Gasteiger partial charge in [0.2, 0.25) is 10.0 Å². The van der Waals surface area contributed by atoms with Crippen molar-refractivity contribution < 1.29 is 13.3 Å². The molecule has 0 spiro atoms. The Kier molecular flexibility index (Phi) is 4.48. The average Bonchev–Trinajstić information content (AvgIpc) is 2.36. The van der Waals surface area contributed by atoms with Gasteiger partial charge in [-0.1, -0.05) is 6.42 Å². The lowest BCUT2D eigenvalue weighted by atomic mass is 9.94. The van der Waals surface area contributed by atoms with Gasteiger partial charge in [-0.2, -0.15) is 4.31 Å². The van der Waals surface area contributed by atoms with Crippen molar-refractivity contribution >= 4 is 21.4 Å². The van der Waals surface area contributed by atoms with Crippen LogP contribution in [0.5, 0.6) is 0 Å². The average molecular weight is 313 g/mol. The molecule has 0 unspecified atom stereocenters. The Morgan fingerprint density at radius 1 is 1.43 bits per heavy atom. The van der Waals surface area contributed by atoms with Crippen molar-refractivity contribution in [2.45, 2.75) is 37.1 Å². The summed E-state index contributed by atoms with van der Waals surface area (Å²) in [6.45, 7) is 2.29. The quantitative estimate of drug-likeness (QED) is 0.642. The Bertz CT molecular complexity index is 641. The molecule has 21 heavy (non-hydrogen) atoms. The third kappa shape index (κ3) is 3.01. The van der Waals surface area contributed by atoms with E-state index in [0.717, 1.165) is 19.3 Å². The molecule has 7 nitrogen and oxygen atoms in total. The van der Waals surface area contributed by atoms with Crippen molar-refractivity contribution in [2.75, 3.05) is 18.9 Å². The summed E-state index contributed by atoms with van der Waals surface area (Å²) in [5, 5.41) is 13.7. The number of nitrogens with zero attached hydrogens (tertiary/aromatic N) is 2. The second kappa shape index (κ2) is 5.98. The van der Waals surface area contributed by atoms with Crippen LogP contribution in [0.2, 0.25) is 0 Å². The number of anilines is 1. The zero-order chi connectivity index (χ0) is 15.6. The Labute approximate surface area is 124 Å². The molecule has 1 aromatic rings. The summed E-state index contributed by atoms with van der Waals surface area (Å²) in [4.78, 5) is 10.4. The van der Waals surface area contributed by atoms with Crippen LogP contribution in [0.1, 0.15) is 26.2 Å². The first-order valence-electron chi connectivity index (χ1n) is 6.88. The van der Waals surface area contributed by atoms with Crippen LogP contribution in [0, 0.1) is 10.1 Å². The van der Waals surface area contributed by atoms with Crippen LogP contribution in [-0.4, -0.2) is 37.3 Å². The first kappa shape index (κ1) is 15.7. The molecule has 1 saturated carbocycles. The van der Waals surface area contributed by atoms with Crippen LogP contribution in [0.15, 0.2) is 23.1 Å². The summed E-state index contributed by atoms with van der Waals surface area (Å²) in [6.07, 6.45) is 2.75. The van der Waals surface area contributed by atoms with Gasteiger partial charge in [-0.05, 0) is 25.8 Å². The third-order valence-electron chi connectivity index (χ3n) is 3.79. The normalized spacial score (nSPS) is 15.8. The molecular weight excluding hydrogens is 294 g/mol. The van der Waals surface area contributed by atoms with Crippen LogP contribution in [0.25, 0.3) is 0 Å². The Morgan fingerprint density at radius 3 is 2.57 bits per heavy atom. The summed E-state index contributed by atoms with van der Waals surface area (Å²) in [5.74, 6) is 0. The van der Waals surface area contributed by atoms with E-state index in [1.807, 2.05) is 6.92 Å². The van der Waals surface area contributed by atoms with Gasteiger partial charge in [-0.25, -0.2) is 8.42 Å². The van der Waals surface area contributed by atoms with Gasteiger partial charge in [0.15, 0.2) is 0 Å². The maximum absolute atomic E-state index is 12.7. The van der Waals surface area contributed by atoms with Gasteiger partial charge in [0, 0.05) is 31.8 Å². The van der Waals surface area contributed by atoms with E-state index >= 15 is 0 Å². The van der Waals surface area contributed by atoms with Crippen molar-refractivity contribution in [3.05, 3.63) is 28.3 Å². The lowest BCUT2D eigenvalue weighted by Crippen LogP contribution is -2.41. The summed E-state index contributed by atoms with van der Waals surface area (Å²) in [5.41, 5.74) is 0.147. The van der Waals surface area contributed by atoms with E-state index in [4.69, 9.17) is 0 Å². The monoisotopic (exact) mass is 313 g/mol. The number of hydrogen-bond donors (Lipinski definition) is 1. The molecular formula is C13H19N3O4S. The number of sulfonamides is 1. The second-order valence-electron chi connectivity index (χ2n) is 5.07. The fourth-order valence-electron chi connectivity index (χ4n) is 2.29. The predicted octanol–water partition coefficient (Wildman–Crippen LogP) is 2.20. The van der Waals surface area contributed by atoms with Gasteiger partial charge in [0.25, 0.3) is 5.69 Å².